The number of hydrogen-bond donors (Lipinski definition) is 2. The Balaban J connectivity index is 1.19. The molecule has 1 amide bonds. The van der Waals surface area contributed by atoms with Gasteiger partial charge in [0.1, 0.15) is 4.83 Å². The first-order valence-corrected chi connectivity index (χ1v) is 18.1. The summed E-state index contributed by atoms with van der Waals surface area (Å²) in [5.74, 6) is 0.900. The Morgan fingerprint density at radius 3 is 2.66 bits per heavy atom. The van der Waals surface area contributed by atoms with Crippen molar-refractivity contribution < 1.29 is 13.2 Å². The van der Waals surface area contributed by atoms with Crippen LogP contribution >= 0.6 is 11.3 Å². The van der Waals surface area contributed by atoms with Crippen molar-refractivity contribution in [2.45, 2.75) is 58.4 Å². The van der Waals surface area contributed by atoms with Gasteiger partial charge in [-0.05, 0) is 84.5 Å². The zero-order valence-electron chi connectivity index (χ0n) is 25.8. The molecule has 0 bridgehead atoms. The maximum atomic E-state index is 13.7. The van der Waals surface area contributed by atoms with Gasteiger partial charge in [0.05, 0.1) is 17.2 Å². The lowest BCUT2D eigenvalue weighted by atomic mass is 9.71. The van der Waals surface area contributed by atoms with Crippen molar-refractivity contribution >= 4 is 43.2 Å². The van der Waals surface area contributed by atoms with Crippen LogP contribution < -0.4 is 10.0 Å². The number of amides is 1. The van der Waals surface area contributed by atoms with E-state index in [9.17, 15) is 13.2 Å². The first kappa shape index (κ1) is 30.7. The Hall–Kier alpha value is -3.34. The largest absolute Gasteiger partial charge is 0.344 e. The van der Waals surface area contributed by atoms with E-state index in [0.29, 0.717) is 28.8 Å². The molecule has 232 valence electrons. The molecule has 0 radical (unpaired) electrons. The fourth-order valence-corrected chi connectivity index (χ4v) is 7.92. The minimum atomic E-state index is -3.43. The maximum Gasteiger partial charge on any atom is 0.261 e. The number of sulfonamides is 1. The van der Waals surface area contributed by atoms with Crippen molar-refractivity contribution in [3.63, 3.8) is 0 Å². The standard InChI is InChI=1S/C34H41N5O3S2/c1-34(2,3)26-11-12-29-23(17-26)16-24-19-31(43-33(24)37-29)32(40)36-30(22-8-7-9-27(18-22)38-44(4,41)42)13-15-39-20-25(21-39)28-10-5-6-14-35-28/h5-10,14,16,18-19,25-26,30,38H,11-13,15,17,20-21H2,1-4H3,(H,36,40)/t26-,30+/m0/s1. The average Bonchev–Trinajstić information content (AvgIpc) is 3.36. The number of benzene rings is 1. The van der Waals surface area contributed by atoms with Gasteiger partial charge in [0.2, 0.25) is 10.0 Å². The summed E-state index contributed by atoms with van der Waals surface area (Å²) in [5.41, 5.74) is 5.18. The molecular weight excluding hydrogens is 591 g/mol. The molecule has 4 heterocycles. The first-order valence-electron chi connectivity index (χ1n) is 15.4. The smallest absolute Gasteiger partial charge is 0.261 e. The zero-order valence-corrected chi connectivity index (χ0v) is 27.5. The van der Waals surface area contributed by atoms with E-state index in [0.717, 1.165) is 66.6 Å². The molecule has 2 aliphatic rings. The summed E-state index contributed by atoms with van der Waals surface area (Å²) in [7, 11) is -3.43. The summed E-state index contributed by atoms with van der Waals surface area (Å²) in [6.45, 7) is 9.59. The molecule has 1 aliphatic heterocycles. The third-order valence-corrected chi connectivity index (χ3v) is 10.7. The second kappa shape index (κ2) is 12.2. The summed E-state index contributed by atoms with van der Waals surface area (Å²) in [6, 6.07) is 17.2. The number of anilines is 1. The van der Waals surface area contributed by atoms with Gasteiger partial charge in [-0.2, -0.15) is 0 Å². The van der Waals surface area contributed by atoms with Gasteiger partial charge < -0.3 is 10.2 Å². The van der Waals surface area contributed by atoms with Crippen LogP contribution in [0.15, 0.2) is 60.8 Å². The fraction of sp³-hybridized carbons (Fsp3) is 0.441. The second-order valence-corrected chi connectivity index (χ2v) is 16.2. The highest BCUT2D eigenvalue weighted by Crippen LogP contribution is 2.38. The second-order valence-electron chi connectivity index (χ2n) is 13.4. The summed E-state index contributed by atoms with van der Waals surface area (Å²) in [6.07, 6.45) is 6.80. The quantitative estimate of drug-likeness (QED) is 0.229. The number of likely N-dealkylation sites (tertiary alicyclic amines) is 1. The number of carbonyl (C=O) groups is 1. The highest BCUT2D eigenvalue weighted by atomic mass is 32.2. The number of hydrogen-bond acceptors (Lipinski definition) is 7. The molecule has 0 spiro atoms. The van der Waals surface area contributed by atoms with E-state index in [1.165, 1.54) is 22.6 Å². The SMILES string of the molecule is CC(C)(C)[C@H]1CCc2nc3sc(C(=O)N[C@H](CCN4CC(c5ccccn5)C4)c4cccc(NS(C)(=O)=O)c4)cc3cc2C1. The van der Waals surface area contributed by atoms with Crippen LogP contribution in [-0.2, 0) is 22.9 Å². The molecule has 4 aromatic rings. The van der Waals surface area contributed by atoms with Gasteiger partial charge >= 0.3 is 0 Å². The van der Waals surface area contributed by atoms with E-state index in [1.807, 2.05) is 42.6 Å². The number of nitrogens with zero attached hydrogens (tertiary/aromatic N) is 3. The number of carbonyl (C=O) groups excluding carboxylic acids is 1. The molecule has 44 heavy (non-hydrogen) atoms. The van der Waals surface area contributed by atoms with Crippen LogP contribution in [0.5, 0.6) is 0 Å². The lowest BCUT2D eigenvalue weighted by molar-refractivity contribution is 0.0925. The number of thiophene rings is 1. The van der Waals surface area contributed by atoms with Crippen LogP contribution in [0, 0.1) is 11.3 Å². The molecule has 2 atom stereocenters. The Bertz CT molecular complexity index is 1760. The van der Waals surface area contributed by atoms with E-state index in [2.05, 4.69) is 52.8 Å². The normalized spacial score (nSPS) is 18.4. The zero-order chi connectivity index (χ0) is 31.1. The van der Waals surface area contributed by atoms with Gasteiger partial charge in [-0.25, -0.2) is 13.4 Å². The molecule has 3 aromatic heterocycles. The third-order valence-electron chi connectivity index (χ3n) is 9.02. The maximum absolute atomic E-state index is 13.7. The number of aryl methyl sites for hydroxylation is 1. The lowest BCUT2D eigenvalue weighted by Crippen LogP contribution is -2.46. The summed E-state index contributed by atoms with van der Waals surface area (Å²) >= 11 is 1.44. The summed E-state index contributed by atoms with van der Waals surface area (Å²) < 4.78 is 26.4. The summed E-state index contributed by atoms with van der Waals surface area (Å²) in [5, 5.41) is 4.29. The average molecular weight is 632 g/mol. The Labute approximate surface area is 264 Å². The predicted molar refractivity (Wildman–Crippen MR) is 178 cm³/mol. The van der Waals surface area contributed by atoms with Crippen molar-refractivity contribution in [2.75, 3.05) is 30.6 Å². The third kappa shape index (κ3) is 7.14. The Kier molecular flexibility index (Phi) is 8.52. The molecule has 1 aromatic carbocycles. The number of aromatic nitrogens is 2. The molecule has 1 fully saturated rings. The van der Waals surface area contributed by atoms with E-state index < -0.39 is 10.0 Å². The monoisotopic (exact) mass is 631 g/mol. The number of pyridine rings is 2. The first-order chi connectivity index (χ1) is 20.9. The molecule has 1 aliphatic carbocycles. The van der Waals surface area contributed by atoms with Crippen molar-refractivity contribution in [1.29, 1.82) is 0 Å². The number of nitrogens with one attached hydrogen (secondary N) is 2. The molecule has 8 nitrogen and oxygen atoms in total. The van der Waals surface area contributed by atoms with Gasteiger partial charge in [0, 0.05) is 54.2 Å². The van der Waals surface area contributed by atoms with Crippen LogP contribution in [-0.4, -0.2) is 55.1 Å². The van der Waals surface area contributed by atoms with Crippen molar-refractivity contribution in [3.05, 3.63) is 88.2 Å². The van der Waals surface area contributed by atoms with Crippen molar-refractivity contribution in [1.82, 2.24) is 20.2 Å². The molecule has 2 N–H and O–H groups in total. The van der Waals surface area contributed by atoms with Crippen LogP contribution in [0.25, 0.3) is 10.2 Å². The van der Waals surface area contributed by atoms with E-state index in [-0.39, 0.29) is 17.4 Å². The van der Waals surface area contributed by atoms with Crippen LogP contribution in [0.3, 0.4) is 0 Å². The van der Waals surface area contributed by atoms with Gasteiger partial charge in [-0.3, -0.25) is 14.5 Å². The van der Waals surface area contributed by atoms with Gasteiger partial charge in [-0.15, -0.1) is 11.3 Å². The number of fused-ring (bicyclic) bond motifs is 2. The summed E-state index contributed by atoms with van der Waals surface area (Å²) in [4.78, 5) is 27.1. The Morgan fingerprint density at radius 2 is 1.93 bits per heavy atom. The molecule has 0 unspecified atom stereocenters. The minimum absolute atomic E-state index is 0.139. The van der Waals surface area contributed by atoms with Crippen molar-refractivity contribution in [2.24, 2.45) is 11.3 Å². The molecule has 0 saturated carbocycles. The topological polar surface area (TPSA) is 104 Å². The van der Waals surface area contributed by atoms with Crippen LogP contribution in [0.1, 0.15) is 77.8 Å². The van der Waals surface area contributed by atoms with Crippen molar-refractivity contribution in [3.8, 4) is 0 Å². The Morgan fingerprint density at radius 1 is 1.11 bits per heavy atom. The van der Waals surface area contributed by atoms with Gasteiger partial charge in [0.25, 0.3) is 5.91 Å². The predicted octanol–water partition coefficient (Wildman–Crippen LogP) is 6.17. The molecular formula is C34H41N5O3S2. The highest BCUT2D eigenvalue weighted by molar-refractivity contribution is 7.92. The molecule has 10 heteroatoms. The molecule has 1 saturated heterocycles. The van der Waals surface area contributed by atoms with Gasteiger partial charge in [0.15, 0.2) is 0 Å². The molecule has 6 rings (SSSR count). The highest BCUT2D eigenvalue weighted by Gasteiger charge is 2.31. The van der Waals surface area contributed by atoms with E-state index in [1.54, 1.807) is 6.07 Å². The fourth-order valence-electron chi connectivity index (χ4n) is 6.43. The van der Waals surface area contributed by atoms with E-state index in [4.69, 9.17) is 4.98 Å². The lowest BCUT2D eigenvalue weighted by Gasteiger charge is -2.39. The van der Waals surface area contributed by atoms with E-state index >= 15 is 0 Å². The van der Waals surface area contributed by atoms with Crippen LogP contribution in [0.2, 0.25) is 0 Å². The minimum Gasteiger partial charge on any atom is -0.344 e. The van der Waals surface area contributed by atoms with Gasteiger partial charge in [-0.1, -0.05) is 39.0 Å². The number of rotatable bonds is 9. The van der Waals surface area contributed by atoms with Crippen LogP contribution in [0.4, 0.5) is 5.69 Å².